The average Bonchev–Trinajstić information content (AvgIpc) is 3.74. The van der Waals surface area contributed by atoms with E-state index in [1.54, 1.807) is 39.8 Å². The Bertz CT molecular complexity index is 1650. The van der Waals surface area contributed by atoms with Crippen molar-refractivity contribution in [1.29, 1.82) is 5.26 Å². The molecule has 2 aromatic heterocycles. The Hall–Kier alpha value is -4.91. The molecule has 196 valence electrons. The quantitative estimate of drug-likeness (QED) is 0.300. The van der Waals surface area contributed by atoms with E-state index in [0.717, 1.165) is 12.8 Å². The minimum absolute atomic E-state index is 0.182. The number of benzene rings is 2. The molecule has 0 spiro atoms. The summed E-state index contributed by atoms with van der Waals surface area (Å²) >= 11 is 0. The molecule has 4 aromatic rings. The number of hydrogen-bond donors (Lipinski definition) is 1. The van der Waals surface area contributed by atoms with E-state index in [1.807, 2.05) is 30.3 Å². The van der Waals surface area contributed by atoms with Gasteiger partial charge in [-0.15, -0.1) is 0 Å². The maximum Gasteiger partial charge on any atom is 0.335 e. The number of aromatic nitrogens is 4. The Morgan fingerprint density at radius 3 is 2.36 bits per heavy atom. The molecule has 1 saturated carbocycles. The number of nitrogens with two attached hydrogens (primary N) is 1. The third-order valence-corrected chi connectivity index (χ3v) is 7.25. The van der Waals surface area contributed by atoms with Crippen LogP contribution >= 0.6 is 0 Å². The summed E-state index contributed by atoms with van der Waals surface area (Å²) < 4.78 is 9.08. The first-order valence-corrected chi connectivity index (χ1v) is 13.0. The molecule has 3 heterocycles. The molecule has 10 nitrogen and oxygen atoms in total. The number of fused-ring (bicyclic) bond motifs is 1. The van der Waals surface area contributed by atoms with Crippen LogP contribution in [-0.4, -0.2) is 43.0 Å². The van der Waals surface area contributed by atoms with E-state index in [9.17, 15) is 14.9 Å². The maximum absolute atomic E-state index is 13.9. The van der Waals surface area contributed by atoms with Gasteiger partial charge in [0.25, 0.3) is 5.91 Å². The highest BCUT2D eigenvalue weighted by molar-refractivity contribution is 5.97. The van der Waals surface area contributed by atoms with Crippen LogP contribution in [0.2, 0.25) is 0 Å². The molecule has 0 unspecified atom stereocenters. The summed E-state index contributed by atoms with van der Waals surface area (Å²) in [6, 6.07) is 18.5. The number of amides is 1. The number of para-hydroxylation sites is 1. The standard InChI is InChI=1S/C29H27N7O3/c30-17-20(16-19-6-7-19)28(37)34-14-12-22(13-15-34)36-27-25(26(31)32-18-33-27)35(29(36)38)21-8-10-24(11-9-21)39-23-4-2-1-3-5-23/h1-5,8-11,16,18-19,22H,6-7,12-15H2,(H2,31,32,33). The van der Waals surface area contributed by atoms with Gasteiger partial charge >= 0.3 is 5.69 Å². The van der Waals surface area contributed by atoms with Crippen molar-refractivity contribution in [3.63, 3.8) is 0 Å². The molecular weight excluding hydrogens is 494 g/mol. The van der Waals surface area contributed by atoms with Crippen LogP contribution in [-0.2, 0) is 4.79 Å². The number of ether oxygens (including phenoxy) is 1. The van der Waals surface area contributed by atoms with E-state index in [2.05, 4.69) is 16.0 Å². The highest BCUT2D eigenvalue weighted by Gasteiger charge is 2.31. The monoisotopic (exact) mass is 521 g/mol. The van der Waals surface area contributed by atoms with Gasteiger partial charge < -0.3 is 15.4 Å². The first-order chi connectivity index (χ1) is 19.0. The van der Waals surface area contributed by atoms with Crippen LogP contribution in [0.4, 0.5) is 5.82 Å². The number of piperidine rings is 1. The van der Waals surface area contributed by atoms with E-state index in [-0.39, 0.29) is 29.0 Å². The van der Waals surface area contributed by atoms with E-state index in [0.29, 0.717) is 60.2 Å². The summed E-state index contributed by atoms with van der Waals surface area (Å²) in [6.45, 7) is 0.886. The molecular formula is C29H27N7O3. The van der Waals surface area contributed by atoms with Crippen molar-refractivity contribution in [2.24, 2.45) is 5.92 Å². The second-order valence-corrected chi connectivity index (χ2v) is 9.88. The number of likely N-dealkylation sites (tertiary alicyclic amines) is 1. The van der Waals surface area contributed by atoms with Crippen LogP contribution < -0.4 is 16.2 Å². The number of carbonyl (C=O) groups is 1. The normalized spacial score (nSPS) is 16.3. The molecule has 1 aliphatic heterocycles. The molecule has 39 heavy (non-hydrogen) atoms. The van der Waals surface area contributed by atoms with Gasteiger partial charge in [-0.2, -0.15) is 5.26 Å². The van der Waals surface area contributed by atoms with Crippen molar-refractivity contribution in [1.82, 2.24) is 24.0 Å². The van der Waals surface area contributed by atoms with Crippen LogP contribution in [0.5, 0.6) is 11.5 Å². The first kappa shape index (κ1) is 24.4. The summed E-state index contributed by atoms with van der Waals surface area (Å²) in [5.41, 5.74) is 7.70. The number of nitrogens with zero attached hydrogens (tertiary/aromatic N) is 6. The Balaban J connectivity index is 1.28. The number of anilines is 1. The number of carbonyl (C=O) groups excluding carboxylic acids is 1. The van der Waals surface area contributed by atoms with Crippen molar-refractivity contribution < 1.29 is 9.53 Å². The van der Waals surface area contributed by atoms with Crippen LogP contribution in [0.1, 0.15) is 31.7 Å². The van der Waals surface area contributed by atoms with Gasteiger partial charge in [0, 0.05) is 19.1 Å². The average molecular weight is 522 g/mol. The fraction of sp³-hybridized carbons (Fsp3) is 0.276. The van der Waals surface area contributed by atoms with E-state index < -0.39 is 0 Å². The van der Waals surface area contributed by atoms with Crippen LogP contribution in [0.25, 0.3) is 16.9 Å². The van der Waals surface area contributed by atoms with Crippen LogP contribution in [0.15, 0.2) is 77.4 Å². The zero-order valence-corrected chi connectivity index (χ0v) is 21.2. The molecule has 0 radical (unpaired) electrons. The highest BCUT2D eigenvalue weighted by atomic mass is 16.5. The summed E-state index contributed by atoms with van der Waals surface area (Å²) in [5, 5.41) is 9.47. The van der Waals surface area contributed by atoms with Crippen molar-refractivity contribution in [2.75, 3.05) is 18.8 Å². The van der Waals surface area contributed by atoms with E-state index >= 15 is 0 Å². The predicted octanol–water partition coefficient (Wildman–Crippen LogP) is 3.98. The Labute approximate surface area is 224 Å². The molecule has 1 aliphatic carbocycles. The van der Waals surface area contributed by atoms with Crippen LogP contribution in [0, 0.1) is 17.2 Å². The molecule has 0 atom stereocenters. The van der Waals surface area contributed by atoms with Crippen molar-refractivity contribution >= 4 is 22.9 Å². The smallest absolute Gasteiger partial charge is 0.335 e. The summed E-state index contributed by atoms with van der Waals surface area (Å²) in [4.78, 5) is 37.0. The molecule has 2 N–H and O–H groups in total. The molecule has 2 aromatic carbocycles. The topological polar surface area (TPSA) is 132 Å². The molecule has 6 rings (SSSR count). The zero-order chi connectivity index (χ0) is 26.9. The fourth-order valence-corrected chi connectivity index (χ4v) is 5.08. The summed E-state index contributed by atoms with van der Waals surface area (Å²) in [6.07, 6.45) is 6.32. The number of hydrogen-bond acceptors (Lipinski definition) is 7. The van der Waals surface area contributed by atoms with Gasteiger partial charge in [0.1, 0.15) is 35.0 Å². The van der Waals surface area contributed by atoms with Crippen LogP contribution in [0.3, 0.4) is 0 Å². The molecule has 0 bridgehead atoms. The highest BCUT2D eigenvalue weighted by Crippen LogP contribution is 2.33. The van der Waals surface area contributed by atoms with E-state index in [4.69, 9.17) is 10.5 Å². The second-order valence-electron chi connectivity index (χ2n) is 9.88. The maximum atomic E-state index is 13.9. The van der Waals surface area contributed by atoms with Gasteiger partial charge in [-0.1, -0.05) is 24.3 Å². The second kappa shape index (κ2) is 10.1. The molecule has 2 aliphatic rings. The zero-order valence-electron chi connectivity index (χ0n) is 21.2. The Kier molecular flexibility index (Phi) is 6.32. The first-order valence-electron chi connectivity index (χ1n) is 13.0. The molecule has 2 fully saturated rings. The summed E-state index contributed by atoms with van der Waals surface area (Å²) in [5.74, 6) is 1.66. The third kappa shape index (κ3) is 4.75. The Morgan fingerprint density at radius 2 is 1.69 bits per heavy atom. The number of allylic oxidation sites excluding steroid dienone is 1. The van der Waals surface area contributed by atoms with Crippen molar-refractivity contribution in [3.05, 3.63) is 83.1 Å². The Morgan fingerprint density at radius 1 is 1.00 bits per heavy atom. The number of nitrogen functional groups attached to an aromatic ring is 1. The third-order valence-electron chi connectivity index (χ3n) is 7.25. The van der Waals surface area contributed by atoms with Gasteiger partial charge in [-0.3, -0.25) is 13.9 Å². The molecule has 10 heteroatoms. The van der Waals surface area contributed by atoms with Gasteiger partial charge in [-0.05, 0) is 68.0 Å². The number of imidazole rings is 1. The minimum Gasteiger partial charge on any atom is -0.457 e. The largest absolute Gasteiger partial charge is 0.457 e. The predicted molar refractivity (Wildman–Crippen MR) is 145 cm³/mol. The fourth-order valence-electron chi connectivity index (χ4n) is 5.08. The van der Waals surface area contributed by atoms with Gasteiger partial charge in [0.05, 0.1) is 5.69 Å². The lowest BCUT2D eigenvalue weighted by Crippen LogP contribution is -2.41. The number of nitriles is 1. The van der Waals surface area contributed by atoms with Gasteiger partial charge in [-0.25, -0.2) is 14.8 Å². The SMILES string of the molecule is N#CC(=CC1CC1)C(=O)N1CCC(n2c(=O)n(-c3ccc(Oc4ccccc4)cc3)c3c(N)ncnc32)CC1. The van der Waals surface area contributed by atoms with Gasteiger partial charge in [0.15, 0.2) is 11.5 Å². The lowest BCUT2D eigenvalue weighted by atomic mass is 10.0. The molecule has 1 amide bonds. The minimum atomic E-state index is -0.273. The van der Waals surface area contributed by atoms with Crippen molar-refractivity contribution in [3.8, 4) is 23.3 Å². The number of rotatable bonds is 6. The lowest BCUT2D eigenvalue weighted by Gasteiger charge is -2.32. The van der Waals surface area contributed by atoms with Gasteiger partial charge in [0.2, 0.25) is 0 Å². The van der Waals surface area contributed by atoms with E-state index in [1.165, 1.54) is 10.9 Å². The molecule has 1 saturated heterocycles. The summed E-state index contributed by atoms with van der Waals surface area (Å²) in [7, 11) is 0. The lowest BCUT2D eigenvalue weighted by molar-refractivity contribution is -0.128. The van der Waals surface area contributed by atoms with Crippen molar-refractivity contribution in [2.45, 2.75) is 31.7 Å².